The fraction of sp³-hybridized carbons (Fsp3) is 0.167. The smallest absolute Gasteiger partial charge is 0.269 e. The van der Waals surface area contributed by atoms with Crippen molar-refractivity contribution < 1.29 is 25.8 Å². The number of aryl methyl sites for hydroxylation is 1. The van der Waals surface area contributed by atoms with Gasteiger partial charge in [0.15, 0.2) is 0 Å². The van der Waals surface area contributed by atoms with Gasteiger partial charge in [-0.15, -0.1) is 11.3 Å². The van der Waals surface area contributed by atoms with Crippen LogP contribution in [0.4, 0.5) is 14.5 Å². The van der Waals surface area contributed by atoms with E-state index in [-0.39, 0.29) is 29.6 Å². The summed E-state index contributed by atoms with van der Waals surface area (Å²) < 4.78 is 33.4. The molecule has 0 aliphatic carbocycles. The Bertz CT molecular complexity index is 1620. The van der Waals surface area contributed by atoms with E-state index < -0.39 is 0 Å². The third-order valence-electron chi connectivity index (χ3n) is 5.53. The van der Waals surface area contributed by atoms with Gasteiger partial charge in [-0.25, -0.2) is 8.78 Å². The maximum Gasteiger partial charge on any atom is 0.269 e. The lowest BCUT2D eigenvalue weighted by atomic mass is 10.3. The second-order valence-electron chi connectivity index (χ2n) is 7.55. The van der Waals surface area contributed by atoms with Crippen molar-refractivity contribution in [2.24, 2.45) is 7.05 Å². The molecule has 1 aliphatic rings. The van der Waals surface area contributed by atoms with Crippen LogP contribution in [0.1, 0.15) is 11.9 Å². The van der Waals surface area contributed by atoms with Gasteiger partial charge in [0.2, 0.25) is 5.52 Å². The van der Waals surface area contributed by atoms with Gasteiger partial charge in [0.25, 0.3) is 10.6 Å². The number of anilines is 1. The molecule has 0 N–H and O–H groups in total. The lowest BCUT2D eigenvalue weighted by Gasteiger charge is -2.12. The van der Waals surface area contributed by atoms with Crippen LogP contribution in [0.25, 0.3) is 22.4 Å². The second-order valence-corrected chi connectivity index (χ2v) is 10.7. The monoisotopic (exact) mass is 535 g/mol. The fourth-order valence-corrected chi connectivity index (χ4v) is 6.99. The van der Waals surface area contributed by atoms with Crippen molar-refractivity contribution in [2.45, 2.75) is 18.4 Å². The number of thioether (sulfide) groups is 1. The predicted molar refractivity (Wildman–Crippen MR) is 133 cm³/mol. The number of hydrogen-bond donors (Lipinski definition) is 0. The molecule has 0 amide bonds. The Kier molecular flexibility index (Phi) is 7.00. The highest BCUT2D eigenvalue weighted by molar-refractivity contribution is 8.03. The molecular formula is C24H20ClF2N3OS3. The number of halogens is 3. The highest BCUT2D eigenvalue weighted by Crippen LogP contribution is 2.45. The molecule has 1 aliphatic heterocycles. The van der Waals surface area contributed by atoms with Crippen molar-refractivity contribution in [3.05, 3.63) is 83.7 Å². The highest BCUT2D eigenvalue weighted by Gasteiger charge is 2.22. The molecule has 0 saturated carbocycles. The first-order chi connectivity index (χ1) is 15.9. The Hall–Kier alpha value is -2.46. The van der Waals surface area contributed by atoms with Gasteiger partial charge in [-0.3, -0.25) is 9.36 Å². The molecule has 2 aromatic heterocycles. The number of aromatic nitrogens is 2. The van der Waals surface area contributed by atoms with Crippen LogP contribution in [0.2, 0.25) is 0 Å². The number of benzene rings is 2. The molecule has 3 heterocycles. The van der Waals surface area contributed by atoms with E-state index in [1.807, 2.05) is 48.7 Å². The van der Waals surface area contributed by atoms with Crippen LogP contribution in [-0.2, 0) is 13.6 Å². The minimum absolute atomic E-state index is 0. The summed E-state index contributed by atoms with van der Waals surface area (Å²) in [6, 6.07) is 9.50. The van der Waals surface area contributed by atoms with Crippen LogP contribution in [0.15, 0.2) is 57.2 Å². The van der Waals surface area contributed by atoms with E-state index in [0.29, 0.717) is 11.1 Å². The van der Waals surface area contributed by atoms with Gasteiger partial charge in [-0.2, -0.15) is 4.57 Å². The first kappa shape index (κ1) is 24.7. The average molecular weight is 536 g/mol. The molecule has 0 unspecified atom stereocenters. The largest absolute Gasteiger partial charge is 1.00 e. The molecule has 0 fully saturated rings. The lowest BCUT2D eigenvalue weighted by Crippen LogP contribution is -3.00. The summed E-state index contributed by atoms with van der Waals surface area (Å²) in [4.78, 5) is 15.9. The van der Waals surface area contributed by atoms with E-state index in [1.54, 1.807) is 39.8 Å². The minimum atomic E-state index is -0.271. The van der Waals surface area contributed by atoms with Gasteiger partial charge in [-0.1, -0.05) is 23.1 Å². The standard InChI is InChI=1S/C24H20F2N3OS3.ClH/c1-4-29-23(13-22-28(3)17-12-15(26)6-8-19(17)32-22)33-20(24(29)30)9-10-21-27(2)16-11-14(25)5-7-18(16)31-21;/h5-13H,4H2,1-3H3;1H/q+1;/p-1/b20-9-,21-10-;. The maximum atomic E-state index is 13.7. The number of nitrogens with zero attached hydrogens (tertiary/aromatic N) is 3. The summed E-state index contributed by atoms with van der Waals surface area (Å²) in [6.45, 7) is 2.49. The zero-order valence-corrected chi connectivity index (χ0v) is 21.7. The van der Waals surface area contributed by atoms with Gasteiger partial charge in [0, 0.05) is 24.6 Å². The third kappa shape index (κ3) is 4.33. The van der Waals surface area contributed by atoms with Crippen molar-refractivity contribution in [1.29, 1.82) is 0 Å². The van der Waals surface area contributed by atoms with E-state index in [2.05, 4.69) is 0 Å². The van der Waals surface area contributed by atoms with E-state index >= 15 is 0 Å². The molecule has 10 heteroatoms. The lowest BCUT2D eigenvalue weighted by molar-refractivity contribution is -0.642. The summed E-state index contributed by atoms with van der Waals surface area (Å²) in [5, 5.41) is 1.86. The normalized spacial score (nSPS) is 15.4. The van der Waals surface area contributed by atoms with Crippen molar-refractivity contribution in [3.63, 3.8) is 0 Å². The molecule has 0 bridgehead atoms. The molecule has 34 heavy (non-hydrogen) atoms. The molecule has 0 saturated heterocycles. The first-order valence-electron chi connectivity index (χ1n) is 10.3. The molecule has 4 aromatic rings. The summed E-state index contributed by atoms with van der Waals surface area (Å²) in [6.07, 6.45) is 5.72. The summed E-state index contributed by atoms with van der Waals surface area (Å²) in [7, 11) is 3.79. The number of hydrogen-bond acceptors (Lipinski definition) is 5. The van der Waals surface area contributed by atoms with Gasteiger partial charge in [0.05, 0.1) is 21.3 Å². The first-order valence-corrected chi connectivity index (χ1v) is 12.7. The molecule has 0 radical (unpaired) electrons. The van der Waals surface area contributed by atoms with E-state index in [9.17, 15) is 13.6 Å². The fourth-order valence-electron chi connectivity index (χ4n) is 3.76. The van der Waals surface area contributed by atoms with Gasteiger partial charge >= 0.3 is 0 Å². The highest BCUT2D eigenvalue weighted by atomic mass is 35.5. The van der Waals surface area contributed by atoms with Crippen molar-refractivity contribution in [3.8, 4) is 0 Å². The van der Waals surface area contributed by atoms with Crippen LogP contribution in [-0.4, -0.2) is 11.6 Å². The minimum Gasteiger partial charge on any atom is -1.00 e. The van der Waals surface area contributed by atoms with Crippen LogP contribution < -0.4 is 36.6 Å². The van der Waals surface area contributed by atoms with Crippen molar-refractivity contribution in [1.82, 2.24) is 4.57 Å². The topological polar surface area (TPSA) is 29.1 Å². The molecule has 2 aromatic carbocycles. The Morgan fingerprint density at radius 2 is 1.79 bits per heavy atom. The Morgan fingerprint density at radius 3 is 2.56 bits per heavy atom. The van der Waals surface area contributed by atoms with E-state index in [1.165, 1.54) is 35.6 Å². The number of thiazole rings is 2. The molecule has 0 spiro atoms. The van der Waals surface area contributed by atoms with Crippen LogP contribution >= 0.6 is 34.4 Å². The molecule has 176 valence electrons. The molecule has 0 atom stereocenters. The Balaban J connectivity index is 0.00000274. The summed E-state index contributed by atoms with van der Waals surface area (Å²) >= 11 is 4.53. The van der Waals surface area contributed by atoms with Gasteiger partial charge in [-0.05, 0) is 49.4 Å². The maximum absolute atomic E-state index is 13.7. The van der Waals surface area contributed by atoms with Crippen LogP contribution in [0, 0.1) is 11.6 Å². The number of fused-ring (bicyclic) bond motifs is 2. The average Bonchev–Trinajstić information content (AvgIpc) is 3.38. The summed E-state index contributed by atoms with van der Waals surface area (Å²) in [5.41, 5.74) is 1.59. The van der Waals surface area contributed by atoms with E-state index in [0.717, 1.165) is 35.5 Å². The van der Waals surface area contributed by atoms with Gasteiger partial charge < -0.3 is 17.3 Å². The number of allylic oxidation sites excluding steroid dienone is 1. The SMILES string of the molecule is CCn1c(=O)/c(=C/C=C2\Sc3ccc(F)cc3N2C)s/c1=C\c1sc2ccc(F)cc2[n+]1C.[Cl-]. The molecule has 4 nitrogen and oxygen atoms in total. The molecule has 5 rings (SSSR count). The second kappa shape index (κ2) is 9.65. The summed E-state index contributed by atoms with van der Waals surface area (Å²) in [5.74, 6) is -0.540. The predicted octanol–water partition coefficient (Wildman–Crippen LogP) is 0.944. The third-order valence-corrected chi connectivity index (χ3v) is 8.96. The zero-order chi connectivity index (χ0) is 23.3. The van der Waals surface area contributed by atoms with Gasteiger partial charge in [0.1, 0.15) is 28.0 Å². The van der Waals surface area contributed by atoms with Crippen LogP contribution in [0.5, 0.6) is 0 Å². The van der Waals surface area contributed by atoms with Crippen LogP contribution in [0.3, 0.4) is 0 Å². The number of rotatable bonds is 3. The van der Waals surface area contributed by atoms with Crippen molar-refractivity contribution >= 4 is 62.5 Å². The van der Waals surface area contributed by atoms with Crippen molar-refractivity contribution in [2.75, 3.05) is 11.9 Å². The quantitative estimate of drug-likeness (QED) is 0.366. The Morgan fingerprint density at radius 1 is 1.06 bits per heavy atom. The zero-order valence-electron chi connectivity index (χ0n) is 18.5. The molecular weight excluding hydrogens is 516 g/mol. The Labute approximate surface area is 213 Å². The van der Waals surface area contributed by atoms with E-state index in [4.69, 9.17) is 0 Å².